The first-order valence-corrected chi connectivity index (χ1v) is 4.35. The maximum atomic E-state index is 5.39. The average molecular weight is 193 g/mol. The molecule has 0 saturated heterocycles. The Hall–Kier alpha value is -1.92. The van der Waals surface area contributed by atoms with E-state index in [2.05, 4.69) is 30.4 Å². The highest BCUT2D eigenvalue weighted by Gasteiger charge is 2.06. The lowest BCUT2D eigenvalue weighted by Gasteiger charge is -1.86. The van der Waals surface area contributed by atoms with Gasteiger partial charge in [-0.1, -0.05) is 6.92 Å². The van der Waals surface area contributed by atoms with Crippen LogP contribution in [0.25, 0.3) is 0 Å². The van der Waals surface area contributed by atoms with Gasteiger partial charge < -0.3 is 5.73 Å². The second kappa shape index (κ2) is 3.44. The molecular formula is C7H11N7. The number of hydrogen-bond acceptors (Lipinski definition) is 5. The Morgan fingerprint density at radius 3 is 2.43 bits per heavy atom. The van der Waals surface area contributed by atoms with Gasteiger partial charge in [0.2, 0.25) is 5.95 Å². The molecule has 0 aliphatic heterocycles. The van der Waals surface area contributed by atoms with E-state index >= 15 is 0 Å². The SMILES string of the molecule is CCc1nc(Cc2n[nH]c(N)n2)n[nH]1. The van der Waals surface area contributed by atoms with Gasteiger partial charge in [0.15, 0.2) is 11.6 Å². The molecule has 4 N–H and O–H groups in total. The number of hydrogen-bond donors (Lipinski definition) is 3. The molecule has 2 aromatic heterocycles. The third-order valence-corrected chi connectivity index (χ3v) is 1.78. The van der Waals surface area contributed by atoms with Crippen molar-refractivity contribution in [2.45, 2.75) is 19.8 Å². The van der Waals surface area contributed by atoms with Gasteiger partial charge in [-0.15, -0.1) is 0 Å². The van der Waals surface area contributed by atoms with E-state index in [1.54, 1.807) is 0 Å². The molecule has 0 atom stereocenters. The first-order valence-electron chi connectivity index (χ1n) is 4.35. The Morgan fingerprint density at radius 2 is 1.86 bits per heavy atom. The zero-order chi connectivity index (χ0) is 9.97. The summed E-state index contributed by atoms with van der Waals surface area (Å²) in [6, 6.07) is 0. The molecule has 2 aromatic rings. The predicted octanol–water partition coefficient (Wildman–Crippen LogP) is -0.342. The molecule has 0 amide bonds. The number of aryl methyl sites for hydroxylation is 1. The highest BCUT2D eigenvalue weighted by Crippen LogP contribution is 2.01. The van der Waals surface area contributed by atoms with Crippen LogP contribution in [0.2, 0.25) is 0 Å². The minimum absolute atomic E-state index is 0.311. The Kier molecular flexibility index (Phi) is 2.13. The summed E-state index contributed by atoms with van der Waals surface area (Å²) < 4.78 is 0. The molecule has 74 valence electrons. The van der Waals surface area contributed by atoms with Crippen LogP contribution in [0.4, 0.5) is 5.95 Å². The molecule has 7 heteroatoms. The quantitative estimate of drug-likeness (QED) is 0.617. The van der Waals surface area contributed by atoms with Crippen LogP contribution in [0.5, 0.6) is 0 Å². The monoisotopic (exact) mass is 193 g/mol. The van der Waals surface area contributed by atoms with Gasteiger partial charge in [0, 0.05) is 6.42 Å². The van der Waals surface area contributed by atoms with Gasteiger partial charge in [-0.05, 0) is 0 Å². The molecule has 14 heavy (non-hydrogen) atoms. The van der Waals surface area contributed by atoms with Crippen molar-refractivity contribution in [3.8, 4) is 0 Å². The molecule has 2 rings (SSSR count). The van der Waals surface area contributed by atoms with E-state index in [9.17, 15) is 0 Å². The van der Waals surface area contributed by atoms with Crippen LogP contribution in [-0.4, -0.2) is 30.4 Å². The topological polar surface area (TPSA) is 109 Å². The van der Waals surface area contributed by atoms with Crippen molar-refractivity contribution in [1.82, 2.24) is 30.4 Å². The number of H-pyrrole nitrogens is 2. The van der Waals surface area contributed by atoms with E-state index < -0.39 is 0 Å². The van der Waals surface area contributed by atoms with Gasteiger partial charge in [-0.25, -0.2) is 10.1 Å². The number of anilines is 1. The Morgan fingerprint density at radius 1 is 1.14 bits per heavy atom. The summed E-state index contributed by atoms with van der Waals surface area (Å²) in [5.74, 6) is 2.46. The molecule has 0 bridgehead atoms. The van der Waals surface area contributed by atoms with Crippen LogP contribution < -0.4 is 5.73 Å². The van der Waals surface area contributed by atoms with Gasteiger partial charge in [0.25, 0.3) is 0 Å². The number of aromatic nitrogens is 6. The average Bonchev–Trinajstić information content (AvgIpc) is 2.76. The summed E-state index contributed by atoms with van der Waals surface area (Å²) in [7, 11) is 0. The van der Waals surface area contributed by atoms with Gasteiger partial charge in [-0.2, -0.15) is 15.2 Å². The fourth-order valence-corrected chi connectivity index (χ4v) is 1.10. The lowest BCUT2D eigenvalue weighted by Crippen LogP contribution is -1.94. The van der Waals surface area contributed by atoms with Crippen molar-refractivity contribution >= 4 is 5.95 Å². The number of nitrogens with zero attached hydrogens (tertiary/aromatic N) is 4. The normalized spacial score (nSPS) is 10.6. The van der Waals surface area contributed by atoms with E-state index in [0.717, 1.165) is 12.2 Å². The van der Waals surface area contributed by atoms with Crippen molar-refractivity contribution in [2.24, 2.45) is 0 Å². The van der Waals surface area contributed by atoms with Crippen molar-refractivity contribution < 1.29 is 0 Å². The van der Waals surface area contributed by atoms with Gasteiger partial charge >= 0.3 is 0 Å². The van der Waals surface area contributed by atoms with E-state index in [4.69, 9.17) is 5.73 Å². The Balaban J connectivity index is 2.10. The number of nitrogen functional groups attached to an aromatic ring is 1. The smallest absolute Gasteiger partial charge is 0.216 e. The molecule has 2 heterocycles. The number of rotatable bonds is 3. The van der Waals surface area contributed by atoms with Gasteiger partial charge in [0.1, 0.15) is 5.82 Å². The molecule has 0 unspecified atom stereocenters. The number of aromatic amines is 2. The molecule has 7 nitrogen and oxygen atoms in total. The van der Waals surface area contributed by atoms with Crippen LogP contribution in [0.1, 0.15) is 24.4 Å². The minimum atomic E-state index is 0.311. The summed E-state index contributed by atoms with van der Waals surface area (Å²) >= 11 is 0. The first kappa shape index (κ1) is 8.67. The number of nitrogens with one attached hydrogen (secondary N) is 2. The highest BCUT2D eigenvalue weighted by molar-refractivity contribution is 5.14. The van der Waals surface area contributed by atoms with E-state index in [1.807, 2.05) is 6.92 Å². The van der Waals surface area contributed by atoms with Crippen molar-refractivity contribution in [3.63, 3.8) is 0 Å². The van der Waals surface area contributed by atoms with Crippen LogP contribution in [0.15, 0.2) is 0 Å². The summed E-state index contributed by atoms with van der Waals surface area (Å²) in [4.78, 5) is 8.19. The third-order valence-electron chi connectivity index (χ3n) is 1.78. The fraction of sp³-hybridized carbons (Fsp3) is 0.429. The number of nitrogens with two attached hydrogens (primary N) is 1. The van der Waals surface area contributed by atoms with E-state index in [-0.39, 0.29) is 0 Å². The summed E-state index contributed by atoms with van der Waals surface area (Å²) in [5.41, 5.74) is 5.39. The van der Waals surface area contributed by atoms with Gasteiger partial charge in [-0.3, -0.25) is 5.10 Å². The molecule has 0 saturated carbocycles. The maximum absolute atomic E-state index is 5.39. The molecular weight excluding hydrogens is 182 g/mol. The first-order chi connectivity index (χ1) is 6.78. The van der Waals surface area contributed by atoms with Crippen LogP contribution in [0, 0.1) is 0 Å². The standard InChI is InChI=1S/C7H11N7/c1-2-4-9-5(12-11-4)3-6-10-7(8)14-13-6/h2-3H2,1H3,(H,9,11,12)(H3,8,10,13,14). The highest BCUT2D eigenvalue weighted by atomic mass is 15.3. The molecule has 0 spiro atoms. The molecule has 0 radical (unpaired) electrons. The van der Waals surface area contributed by atoms with E-state index in [0.29, 0.717) is 24.0 Å². The van der Waals surface area contributed by atoms with Crippen LogP contribution >= 0.6 is 0 Å². The summed E-state index contributed by atoms with van der Waals surface area (Å²) in [6.07, 6.45) is 1.33. The van der Waals surface area contributed by atoms with Crippen LogP contribution in [0.3, 0.4) is 0 Å². The second-order valence-electron chi connectivity index (χ2n) is 2.87. The predicted molar refractivity (Wildman–Crippen MR) is 49.4 cm³/mol. The fourth-order valence-electron chi connectivity index (χ4n) is 1.10. The maximum Gasteiger partial charge on any atom is 0.216 e. The Labute approximate surface area is 80.2 Å². The summed E-state index contributed by atoms with van der Waals surface area (Å²) in [6.45, 7) is 2.01. The lowest BCUT2D eigenvalue weighted by atomic mass is 10.4. The molecule has 0 aromatic carbocycles. The van der Waals surface area contributed by atoms with E-state index in [1.165, 1.54) is 0 Å². The van der Waals surface area contributed by atoms with Crippen molar-refractivity contribution in [2.75, 3.05) is 5.73 Å². The zero-order valence-corrected chi connectivity index (χ0v) is 7.78. The minimum Gasteiger partial charge on any atom is -0.368 e. The molecule has 0 fully saturated rings. The van der Waals surface area contributed by atoms with Crippen molar-refractivity contribution in [1.29, 1.82) is 0 Å². The molecule has 0 aliphatic rings. The summed E-state index contributed by atoms with van der Waals surface area (Å²) in [5, 5.41) is 13.3. The van der Waals surface area contributed by atoms with Crippen molar-refractivity contribution in [3.05, 3.63) is 17.5 Å². The molecule has 0 aliphatic carbocycles. The third kappa shape index (κ3) is 1.70. The lowest BCUT2D eigenvalue weighted by molar-refractivity contribution is 0.899. The second-order valence-corrected chi connectivity index (χ2v) is 2.87. The van der Waals surface area contributed by atoms with Crippen LogP contribution in [-0.2, 0) is 12.8 Å². The van der Waals surface area contributed by atoms with Gasteiger partial charge in [0.05, 0.1) is 6.42 Å². The largest absolute Gasteiger partial charge is 0.368 e. The zero-order valence-electron chi connectivity index (χ0n) is 7.78. The Bertz CT molecular complexity index is 415.